The molecule has 6 heteroatoms. The van der Waals surface area contributed by atoms with E-state index in [4.69, 9.17) is 9.57 Å². The number of benzene rings is 3. The SMILES string of the molecule is CCO[C@@H](Cc1cccc(C2=NOC(c3ccccc3)C2)c1)C(=O)N[C@@H](CO)c1ccccc1. The van der Waals surface area contributed by atoms with Gasteiger partial charge in [0.25, 0.3) is 0 Å². The predicted octanol–water partition coefficient (Wildman–Crippen LogP) is 4.35. The third-order valence-electron chi connectivity index (χ3n) is 5.88. The van der Waals surface area contributed by atoms with Crippen molar-refractivity contribution < 1.29 is 19.5 Å². The number of hydrogen-bond acceptors (Lipinski definition) is 5. The normalized spacial score (nSPS) is 16.9. The molecule has 0 bridgehead atoms. The Kier molecular flexibility index (Phi) is 8.07. The average Bonchev–Trinajstić information content (AvgIpc) is 3.39. The van der Waals surface area contributed by atoms with Gasteiger partial charge >= 0.3 is 0 Å². The summed E-state index contributed by atoms with van der Waals surface area (Å²) in [6.07, 6.45) is 0.349. The lowest BCUT2D eigenvalue weighted by atomic mass is 9.97. The molecule has 6 nitrogen and oxygen atoms in total. The summed E-state index contributed by atoms with van der Waals surface area (Å²) in [7, 11) is 0. The lowest BCUT2D eigenvalue weighted by molar-refractivity contribution is -0.133. The topological polar surface area (TPSA) is 80.2 Å². The monoisotopic (exact) mass is 458 g/mol. The zero-order valence-corrected chi connectivity index (χ0v) is 19.3. The van der Waals surface area contributed by atoms with Crippen molar-refractivity contribution in [2.75, 3.05) is 13.2 Å². The summed E-state index contributed by atoms with van der Waals surface area (Å²) < 4.78 is 5.78. The summed E-state index contributed by atoms with van der Waals surface area (Å²) in [5.74, 6) is -0.249. The summed E-state index contributed by atoms with van der Waals surface area (Å²) in [4.78, 5) is 18.7. The van der Waals surface area contributed by atoms with Gasteiger partial charge in [-0.25, -0.2) is 0 Å². The molecule has 176 valence electrons. The van der Waals surface area contributed by atoms with Gasteiger partial charge < -0.3 is 20.0 Å². The maximum absolute atomic E-state index is 13.0. The number of aliphatic hydroxyl groups is 1. The van der Waals surface area contributed by atoms with Crippen LogP contribution < -0.4 is 5.32 Å². The molecule has 1 heterocycles. The number of oxime groups is 1. The first-order valence-corrected chi connectivity index (χ1v) is 11.6. The first-order chi connectivity index (χ1) is 16.7. The maximum Gasteiger partial charge on any atom is 0.250 e. The molecule has 3 aromatic carbocycles. The van der Waals surface area contributed by atoms with Gasteiger partial charge in [0.05, 0.1) is 18.4 Å². The van der Waals surface area contributed by atoms with Gasteiger partial charge in [0.1, 0.15) is 6.10 Å². The molecule has 0 radical (unpaired) electrons. The van der Waals surface area contributed by atoms with E-state index in [0.29, 0.717) is 19.4 Å². The maximum atomic E-state index is 13.0. The van der Waals surface area contributed by atoms with Gasteiger partial charge in [0, 0.05) is 19.4 Å². The van der Waals surface area contributed by atoms with E-state index in [-0.39, 0.29) is 18.6 Å². The van der Waals surface area contributed by atoms with Crippen LogP contribution in [0.1, 0.15) is 47.7 Å². The number of carbonyl (C=O) groups is 1. The van der Waals surface area contributed by atoms with Crippen LogP contribution >= 0.6 is 0 Å². The quantitative estimate of drug-likeness (QED) is 0.473. The highest BCUT2D eigenvalue weighted by Gasteiger charge is 2.25. The van der Waals surface area contributed by atoms with Crippen LogP contribution in [-0.4, -0.2) is 36.0 Å². The summed E-state index contributed by atoms with van der Waals surface area (Å²) in [5.41, 5.74) is 4.78. The zero-order valence-electron chi connectivity index (χ0n) is 19.3. The van der Waals surface area contributed by atoms with Crippen molar-refractivity contribution in [2.24, 2.45) is 5.16 Å². The van der Waals surface area contributed by atoms with E-state index in [1.165, 1.54) is 0 Å². The number of ether oxygens (including phenoxy) is 1. The Labute approximate surface area is 200 Å². The molecule has 0 spiro atoms. The van der Waals surface area contributed by atoms with Crippen molar-refractivity contribution in [1.29, 1.82) is 0 Å². The van der Waals surface area contributed by atoms with Crippen molar-refractivity contribution in [3.63, 3.8) is 0 Å². The zero-order chi connectivity index (χ0) is 23.8. The molecule has 2 N–H and O–H groups in total. The Morgan fingerprint density at radius 3 is 2.53 bits per heavy atom. The molecule has 1 unspecified atom stereocenters. The van der Waals surface area contributed by atoms with E-state index >= 15 is 0 Å². The largest absolute Gasteiger partial charge is 0.394 e. The van der Waals surface area contributed by atoms with Crippen molar-refractivity contribution in [2.45, 2.75) is 38.0 Å². The van der Waals surface area contributed by atoms with Crippen LogP contribution in [0, 0.1) is 0 Å². The molecule has 1 aliphatic heterocycles. The molecule has 3 aromatic rings. The fraction of sp³-hybridized carbons (Fsp3) is 0.286. The van der Waals surface area contributed by atoms with Crippen molar-refractivity contribution in [3.8, 4) is 0 Å². The van der Waals surface area contributed by atoms with E-state index in [0.717, 1.165) is 28.0 Å². The smallest absolute Gasteiger partial charge is 0.250 e. The highest BCUT2D eigenvalue weighted by Crippen LogP contribution is 2.29. The van der Waals surface area contributed by atoms with Crippen LogP contribution in [0.2, 0.25) is 0 Å². The lowest BCUT2D eigenvalue weighted by Gasteiger charge is -2.22. The molecule has 1 amide bonds. The first kappa shape index (κ1) is 23.7. The fourth-order valence-corrected chi connectivity index (χ4v) is 4.10. The van der Waals surface area contributed by atoms with Gasteiger partial charge in [0.15, 0.2) is 6.10 Å². The fourth-order valence-electron chi connectivity index (χ4n) is 4.10. The van der Waals surface area contributed by atoms with Crippen molar-refractivity contribution >= 4 is 11.6 Å². The van der Waals surface area contributed by atoms with Crippen molar-refractivity contribution in [3.05, 3.63) is 107 Å². The van der Waals surface area contributed by atoms with Gasteiger partial charge in [-0.2, -0.15) is 0 Å². The third-order valence-corrected chi connectivity index (χ3v) is 5.88. The molecule has 0 fully saturated rings. The molecule has 34 heavy (non-hydrogen) atoms. The molecule has 4 rings (SSSR count). The summed E-state index contributed by atoms with van der Waals surface area (Å²) in [6.45, 7) is 2.09. The van der Waals surface area contributed by atoms with Gasteiger partial charge in [0.2, 0.25) is 5.91 Å². The molecular formula is C28H30N2O4. The Morgan fingerprint density at radius 1 is 1.09 bits per heavy atom. The lowest BCUT2D eigenvalue weighted by Crippen LogP contribution is -2.41. The highest BCUT2D eigenvalue weighted by molar-refractivity contribution is 6.01. The molecule has 0 aromatic heterocycles. The second-order valence-corrected chi connectivity index (χ2v) is 8.25. The number of hydrogen-bond donors (Lipinski definition) is 2. The second kappa shape index (κ2) is 11.6. The number of amides is 1. The minimum atomic E-state index is -0.670. The summed E-state index contributed by atoms with van der Waals surface area (Å²) in [6, 6.07) is 27.0. The first-order valence-electron chi connectivity index (χ1n) is 11.6. The molecule has 0 saturated heterocycles. The second-order valence-electron chi connectivity index (χ2n) is 8.25. The predicted molar refractivity (Wildman–Crippen MR) is 131 cm³/mol. The number of aliphatic hydroxyl groups excluding tert-OH is 1. The third kappa shape index (κ3) is 5.90. The number of carbonyl (C=O) groups excluding carboxylic acids is 1. The Bertz CT molecular complexity index is 1100. The van der Waals surface area contributed by atoms with E-state index in [9.17, 15) is 9.90 Å². The molecule has 0 aliphatic carbocycles. The van der Waals surface area contributed by atoms with E-state index in [2.05, 4.69) is 10.5 Å². The molecule has 1 aliphatic rings. The van der Waals surface area contributed by atoms with Gasteiger partial charge in [-0.05, 0) is 35.2 Å². The van der Waals surface area contributed by atoms with E-state index in [1.807, 2.05) is 91.9 Å². The minimum absolute atomic E-state index is 0.0878. The van der Waals surface area contributed by atoms with Crippen LogP contribution in [0.5, 0.6) is 0 Å². The van der Waals surface area contributed by atoms with Gasteiger partial charge in [-0.1, -0.05) is 84.0 Å². The van der Waals surface area contributed by atoms with E-state index < -0.39 is 12.1 Å². The summed E-state index contributed by atoms with van der Waals surface area (Å²) >= 11 is 0. The van der Waals surface area contributed by atoms with Crippen LogP contribution in [0.4, 0.5) is 0 Å². The average molecular weight is 459 g/mol. The van der Waals surface area contributed by atoms with Crippen LogP contribution in [0.15, 0.2) is 90.1 Å². The van der Waals surface area contributed by atoms with Gasteiger partial charge in [-0.15, -0.1) is 0 Å². The van der Waals surface area contributed by atoms with Crippen LogP contribution in [0.25, 0.3) is 0 Å². The standard InChI is InChI=1S/C28H30N2O4/c1-2-33-27(28(32)29-25(19-31)21-11-5-3-6-12-21)17-20-10-9-15-23(16-20)24-18-26(34-30-24)22-13-7-4-8-14-22/h3-16,25-27,31H,2,17-19H2,1H3,(H,29,32)/t25-,26?,27-/m0/s1. The Hall–Kier alpha value is -3.48. The van der Waals surface area contributed by atoms with Crippen molar-refractivity contribution in [1.82, 2.24) is 5.32 Å². The Balaban J connectivity index is 1.43. The van der Waals surface area contributed by atoms with Crippen LogP contribution in [-0.2, 0) is 20.8 Å². The molecule has 3 atom stereocenters. The van der Waals surface area contributed by atoms with Crippen LogP contribution in [0.3, 0.4) is 0 Å². The minimum Gasteiger partial charge on any atom is -0.394 e. The summed E-state index contributed by atoms with van der Waals surface area (Å²) in [5, 5.41) is 17.1. The van der Waals surface area contributed by atoms with E-state index in [1.54, 1.807) is 0 Å². The Morgan fingerprint density at radius 2 is 1.82 bits per heavy atom. The van der Waals surface area contributed by atoms with Gasteiger partial charge in [-0.3, -0.25) is 4.79 Å². The number of rotatable bonds is 10. The number of nitrogens with one attached hydrogen (secondary N) is 1. The number of nitrogens with zero attached hydrogens (tertiary/aromatic N) is 1. The molecule has 0 saturated carbocycles. The highest BCUT2D eigenvalue weighted by atomic mass is 16.6. The molecular weight excluding hydrogens is 428 g/mol.